The smallest absolute Gasteiger partial charge is 0.160 e. The average Bonchev–Trinajstić information content (AvgIpc) is 3.24. The van der Waals surface area contributed by atoms with Crippen LogP contribution in [0.3, 0.4) is 0 Å². The van der Waals surface area contributed by atoms with E-state index >= 15 is 0 Å². The molecule has 0 saturated heterocycles. The van der Waals surface area contributed by atoms with Crippen molar-refractivity contribution in [3.8, 4) is 28.3 Å². The van der Waals surface area contributed by atoms with Crippen LogP contribution in [0.2, 0.25) is 0 Å². The topological polar surface area (TPSA) is 103 Å². The van der Waals surface area contributed by atoms with E-state index in [1.165, 1.54) is 0 Å². The first kappa shape index (κ1) is 19.9. The van der Waals surface area contributed by atoms with Gasteiger partial charge in [0.25, 0.3) is 0 Å². The lowest BCUT2D eigenvalue weighted by Gasteiger charge is -2.11. The summed E-state index contributed by atoms with van der Waals surface area (Å²) in [6, 6.07) is 22.8. The van der Waals surface area contributed by atoms with E-state index in [2.05, 4.69) is 22.1 Å². The molecule has 34 heavy (non-hydrogen) atoms. The summed E-state index contributed by atoms with van der Waals surface area (Å²) in [4.78, 5) is 13.8. The van der Waals surface area contributed by atoms with Gasteiger partial charge in [-0.2, -0.15) is 5.10 Å². The maximum absolute atomic E-state index is 10.0. The number of rotatable bonds is 4. The van der Waals surface area contributed by atoms with Gasteiger partial charge in [-0.25, -0.2) is 14.6 Å². The van der Waals surface area contributed by atoms with Crippen molar-refractivity contribution in [3.05, 3.63) is 97.0 Å². The van der Waals surface area contributed by atoms with Gasteiger partial charge in [-0.05, 0) is 42.5 Å². The van der Waals surface area contributed by atoms with E-state index in [0.29, 0.717) is 23.6 Å². The molecular formula is C27H20N6O. The largest absolute Gasteiger partial charge is 0.508 e. The molecule has 7 heteroatoms. The molecule has 4 aromatic heterocycles. The van der Waals surface area contributed by atoms with E-state index in [1.54, 1.807) is 36.7 Å². The lowest BCUT2D eigenvalue weighted by Crippen LogP contribution is -2.06. The molecule has 0 amide bonds. The third kappa shape index (κ3) is 3.40. The summed E-state index contributed by atoms with van der Waals surface area (Å²) in [6.07, 6.45) is 5.25. The SMILES string of the molecule is Nc1ccnc2c1c(-c1cccc(O)c1)nn2Cc1cc2ccccc2nc1-c1cccnc1. The number of para-hydroxylation sites is 1. The molecule has 0 fully saturated rings. The molecule has 6 aromatic rings. The van der Waals surface area contributed by atoms with E-state index in [-0.39, 0.29) is 5.75 Å². The summed E-state index contributed by atoms with van der Waals surface area (Å²) in [5.74, 6) is 0.167. The van der Waals surface area contributed by atoms with Crippen molar-refractivity contribution < 1.29 is 5.11 Å². The minimum absolute atomic E-state index is 0.167. The van der Waals surface area contributed by atoms with Gasteiger partial charge in [0.2, 0.25) is 0 Å². The summed E-state index contributed by atoms with van der Waals surface area (Å²) >= 11 is 0. The van der Waals surface area contributed by atoms with E-state index in [9.17, 15) is 5.11 Å². The highest BCUT2D eigenvalue weighted by Gasteiger charge is 2.18. The van der Waals surface area contributed by atoms with E-state index in [0.717, 1.165) is 38.7 Å². The number of nitrogen functional groups attached to an aromatic ring is 1. The lowest BCUT2D eigenvalue weighted by molar-refractivity contribution is 0.475. The fourth-order valence-electron chi connectivity index (χ4n) is 4.28. The Balaban J connectivity index is 1.56. The van der Waals surface area contributed by atoms with Crippen molar-refractivity contribution in [1.29, 1.82) is 0 Å². The molecule has 0 aliphatic heterocycles. The van der Waals surface area contributed by atoms with Gasteiger partial charge in [-0.15, -0.1) is 0 Å². The van der Waals surface area contributed by atoms with Crippen LogP contribution in [0.4, 0.5) is 5.69 Å². The third-order valence-electron chi connectivity index (χ3n) is 5.84. The monoisotopic (exact) mass is 444 g/mol. The highest BCUT2D eigenvalue weighted by molar-refractivity contribution is 5.99. The number of anilines is 1. The van der Waals surface area contributed by atoms with Gasteiger partial charge in [0, 0.05) is 46.4 Å². The Morgan fingerprint density at radius 3 is 2.59 bits per heavy atom. The fourth-order valence-corrected chi connectivity index (χ4v) is 4.28. The molecule has 7 nitrogen and oxygen atoms in total. The number of phenols is 1. The zero-order chi connectivity index (χ0) is 23.1. The number of pyridine rings is 3. The van der Waals surface area contributed by atoms with Crippen LogP contribution in [-0.2, 0) is 6.54 Å². The molecule has 0 spiro atoms. The minimum atomic E-state index is 0.167. The second-order valence-electron chi connectivity index (χ2n) is 8.09. The number of aromatic nitrogens is 5. The van der Waals surface area contributed by atoms with Crippen molar-refractivity contribution in [2.75, 3.05) is 5.73 Å². The second-order valence-corrected chi connectivity index (χ2v) is 8.09. The number of fused-ring (bicyclic) bond motifs is 2. The summed E-state index contributed by atoms with van der Waals surface area (Å²) in [7, 11) is 0. The Bertz CT molecular complexity index is 1660. The Morgan fingerprint density at radius 1 is 0.853 bits per heavy atom. The predicted molar refractivity (Wildman–Crippen MR) is 133 cm³/mol. The highest BCUT2D eigenvalue weighted by Crippen LogP contribution is 2.34. The van der Waals surface area contributed by atoms with Crippen LogP contribution in [0, 0.1) is 0 Å². The van der Waals surface area contributed by atoms with Crippen molar-refractivity contribution in [1.82, 2.24) is 24.7 Å². The molecule has 0 atom stereocenters. The Morgan fingerprint density at radius 2 is 1.74 bits per heavy atom. The van der Waals surface area contributed by atoms with Crippen molar-refractivity contribution in [3.63, 3.8) is 0 Å². The minimum Gasteiger partial charge on any atom is -0.508 e. The van der Waals surface area contributed by atoms with E-state index < -0.39 is 0 Å². The van der Waals surface area contributed by atoms with Crippen LogP contribution in [0.25, 0.3) is 44.5 Å². The Kier molecular flexibility index (Phi) is 4.66. The molecular weight excluding hydrogens is 424 g/mol. The number of nitrogens with two attached hydrogens (primary N) is 1. The molecule has 0 aliphatic carbocycles. The van der Waals surface area contributed by atoms with Crippen LogP contribution in [-0.4, -0.2) is 29.8 Å². The molecule has 4 heterocycles. The molecule has 2 aromatic carbocycles. The van der Waals surface area contributed by atoms with Gasteiger partial charge in [-0.1, -0.05) is 30.3 Å². The molecule has 0 bridgehead atoms. The Labute approximate surface area is 195 Å². The second kappa shape index (κ2) is 7.97. The van der Waals surface area contributed by atoms with Crippen LogP contribution in [0.15, 0.2) is 91.4 Å². The first-order chi connectivity index (χ1) is 16.7. The Hall–Kier alpha value is -4.78. The normalized spacial score (nSPS) is 11.3. The standard InChI is InChI=1S/C27H20N6O/c28-22-10-12-30-27-24(22)26(18-6-3-8-21(34)14-18)32-33(27)16-20-13-17-5-1-2-9-23(17)31-25(20)19-7-4-11-29-15-19/h1-15,34H,16H2,(H2,28,30). The maximum Gasteiger partial charge on any atom is 0.160 e. The first-order valence-corrected chi connectivity index (χ1v) is 10.9. The summed E-state index contributed by atoms with van der Waals surface area (Å²) in [6.45, 7) is 0.438. The third-order valence-corrected chi connectivity index (χ3v) is 5.84. The molecule has 0 saturated carbocycles. The number of nitrogens with zero attached hydrogens (tertiary/aromatic N) is 5. The number of aromatic hydroxyl groups is 1. The first-order valence-electron chi connectivity index (χ1n) is 10.9. The quantitative estimate of drug-likeness (QED) is 0.395. The maximum atomic E-state index is 10.0. The molecule has 6 rings (SSSR count). The number of benzene rings is 2. The number of hydrogen-bond donors (Lipinski definition) is 2. The summed E-state index contributed by atoms with van der Waals surface area (Å²) < 4.78 is 1.84. The predicted octanol–water partition coefficient (Wildman–Crippen LogP) is 5.04. The van der Waals surface area contributed by atoms with Gasteiger partial charge in [0.15, 0.2) is 5.65 Å². The summed E-state index contributed by atoms with van der Waals surface area (Å²) in [5.41, 5.74) is 12.7. The number of hydrogen-bond acceptors (Lipinski definition) is 6. The zero-order valence-electron chi connectivity index (χ0n) is 18.1. The summed E-state index contributed by atoms with van der Waals surface area (Å²) in [5, 5.41) is 16.7. The van der Waals surface area contributed by atoms with Gasteiger partial charge >= 0.3 is 0 Å². The van der Waals surface area contributed by atoms with Gasteiger partial charge < -0.3 is 10.8 Å². The van der Waals surface area contributed by atoms with Crippen LogP contribution in [0.1, 0.15) is 5.56 Å². The average molecular weight is 444 g/mol. The van der Waals surface area contributed by atoms with Gasteiger partial charge in [0.1, 0.15) is 11.4 Å². The van der Waals surface area contributed by atoms with Crippen molar-refractivity contribution >= 4 is 27.6 Å². The lowest BCUT2D eigenvalue weighted by atomic mass is 10.0. The van der Waals surface area contributed by atoms with E-state index in [4.69, 9.17) is 15.8 Å². The fraction of sp³-hybridized carbons (Fsp3) is 0.0370. The molecule has 0 aliphatic rings. The van der Waals surface area contributed by atoms with Crippen LogP contribution < -0.4 is 5.73 Å². The van der Waals surface area contributed by atoms with Crippen molar-refractivity contribution in [2.24, 2.45) is 0 Å². The van der Waals surface area contributed by atoms with Gasteiger partial charge in [-0.3, -0.25) is 4.98 Å². The van der Waals surface area contributed by atoms with Crippen LogP contribution in [0.5, 0.6) is 5.75 Å². The highest BCUT2D eigenvalue weighted by atomic mass is 16.3. The zero-order valence-corrected chi connectivity index (χ0v) is 18.1. The molecule has 0 unspecified atom stereocenters. The molecule has 164 valence electrons. The van der Waals surface area contributed by atoms with Gasteiger partial charge in [0.05, 0.1) is 23.1 Å². The van der Waals surface area contributed by atoms with Crippen LogP contribution >= 0.6 is 0 Å². The molecule has 3 N–H and O–H groups in total. The van der Waals surface area contributed by atoms with Crippen molar-refractivity contribution in [2.45, 2.75) is 6.54 Å². The van der Waals surface area contributed by atoms with E-state index in [1.807, 2.05) is 47.3 Å². The number of phenolic OH excluding ortho intramolecular Hbond substituents is 1. The molecule has 0 radical (unpaired) electrons.